The Morgan fingerprint density at radius 1 is 1.59 bits per heavy atom. The molecular weight excluding hydrogens is 222 g/mol. The smallest absolute Gasteiger partial charge is 0.337 e. The molecule has 0 aromatic carbocycles. The van der Waals surface area contributed by atoms with Crippen molar-refractivity contribution in [2.75, 3.05) is 7.11 Å². The molecule has 1 saturated carbocycles. The first kappa shape index (κ1) is 11.6. The summed E-state index contributed by atoms with van der Waals surface area (Å²) in [6.07, 6.45) is 1.19. The molecule has 0 spiro atoms. The van der Waals surface area contributed by atoms with Crippen molar-refractivity contribution in [1.29, 1.82) is 5.26 Å². The van der Waals surface area contributed by atoms with E-state index in [-0.39, 0.29) is 30.0 Å². The van der Waals surface area contributed by atoms with Crippen LogP contribution in [0.25, 0.3) is 0 Å². The summed E-state index contributed by atoms with van der Waals surface area (Å²) in [6.45, 7) is 0. The van der Waals surface area contributed by atoms with Gasteiger partial charge >= 0.3 is 5.97 Å². The summed E-state index contributed by atoms with van der Waals surface area (Å²) in [5, 5.41) is 19.0. The van der Waals surface area contributed by atoms with Gasteiger partial charge in [-0.15, -0.1) is 0 Å². The summed E-state index contributed by atoms with van der Waals surface area (Å²) in [4.78, 5) is 23.5. The molecule has 0 aliphatic heterocycles. The summed E-state index contributed by atoms with van der Waals surface area (Å²) in [5.74, 6) is -1.32. The Bertz CT molecular complexity index is 460. The molecule has 2 aliphatic carbocycles. The van der Waals surface area contributed by atoms with Gasteiger partial charge in [0.2, 0.25) is 0 Å². The van der Waals surface area contributed by atoms with E-state index in [1.54, 1.807) is 0 Å². The van der Waals surface area contributed by atoms with Crippen LogP contribution < -0.4 is 0 Å². The number of nitriles is 1. The topological polar surface area (TPSA) is 87.4 Å². The third kappa shape index (κ3) is 1.44. The molecule has 5 nitrogen and oxygen atoms in total. The van der Waals surface area contributed by atoms with E-state index in [0.29, 0.717) is 12.8 Å². The van der Waals surface area contributed by atoms with Gasteiger partial charge in [-0.3, -0.25) is 4.79 Å². The largest absolute Gasteiger partial charge is 0.512 e. The van der Waals surface area contributed by atoms with Crippen molar-refractivity contribution in [3.63, 3.8) is 0 Å². The van der Waals surface area contributed by atoms with E-state index in [1.165, 1.54) is 7.11 Å². The van der Waals surface area contributed by atoms with Crippen LogP contribution in [0.15, 0.2) is 11.3 Å². The molecule has 5 heteroatoms. The van der Waals surface area contributed by atoms with Crippen LogP contribution in [-0.2, 0) is 14.3 Å². The molecule has 0 aromatic rings. The van der Waals surface area contributed by atoms with E-state index in [1.807, 2.05) is 0 Å². The van der Waals surface area contributed by atoms with E-state index in [0.717, 1.165) is 0 Å². The standard InChI is InChI=1S/C12H13NO4/c1-17-11(16)10-7-2-3-9(15)12(7,6-13)5-4-8(10)14/h7,14H,2-5H2,1H3/t7-,12-/m1/s1. The van der Waals surface area contributed by atoms with Crippen LogP contribution in [-0.4, -0.2) is 24.0 Å². The Morgan fingerprint density at radius 3 is 2.88 bits per heavy atom. The predicted octanol–water partition coefficient (Wildman–Crippen LogP) is 1.25. The Hall–Kier alpha value is -1.83. The lowest BCUT2D eigenvalue weighted by Gasteiger charge is -2.32. The fraction of sp³-hybridized carbons (Fsp3) is 0.583. The number of Topliss-reactive ketones (excluding diaryl/α,β-unsaturated/α-hetero) is 1. The minimum atomic E-state index is -1.13. The van der Waals surface area contributed by atoms with E-state index in [9.17, 15) is 20.0 Å². The zero-order valence-electron chi connectivity index (χ0n) is 9.52. The fourth-order valence-corrected chi connectivity index (χ4v) is 2.86. The van der Waals surface area contributed by atoms with E-state index in [2.05, 4.69) is 10.8 Å². The first-order valence-corrected chi connectivity index (χ1v) is 5.51. The quantitative estimate of drug-likeness (QED) is 0.691. The lowest BCUT2D eigenvalue weighted by Crippen LogP contribution is -2.37. The maximum Gasteiger partial charge on any atom is 0.337 e. The molecule has 17 heavy (non-hydrogen) atoms. The monoisotopic (exact) mass is 235 g/mol. The molecule has 0 unspecified atom stereocenters. The molecule has 0 amide bonds. The Labute approximate surface area is 98.7 Å². The van der Waals surface area contributed by atoms with E-state index < -0.39 is 17.3 Å². The third-order valence-electron chi connectivity index (χ3n) is 3.77. The van der Waals surface area contributed by atoms with Gasteiger partial charge in [-0.25, -0.2) is 4.79 Å². The maximum atomic E-state index is 11.8. The number of hydrogen-bond acceptors (Lipinski definition) is 5. The number of carbonyl (C=O) groups excluding carboxylic acids is 2. The first-order chi connectivity index (χ1) is 8.06. The van der Waals surface area contributed by atoms with Gasteiger partial charge in [0.15, 0.2) is 5.78 Å². The highest BCUT2D eigenvalue weighted by atomic mass is 16.5. The van der Waals surface area contributed by atoms with Crippen molar-refractivity contribution in [2.45, 2.75) is 25.7 Å². The highest BCUT2D eigenvalue weighted by molar-refractivity contribution is 5.97. The molecule has 0 saturated heterocycles. The maximum absolute atomic E-state index is 11.8. The Morgan fingerprint density at radius 2 is 2.29 bits per heavy atom. The van der Waals surface area contributed by atoms with Crippen LogP contribution in [0.4, 0.5) is 0 Å². The number of ketones is 1. The number of hydrogen-bond donors (Lipinski definition) is 1. The molecule has 0 radical (unpaired) electrons. The highest BCUT2D eigenvalue weighted by Gasteiger charge is 2.55. The molecular formula is C12H13NO4. The van der Waals surface area contributed by atoms with Crippen molar-refractivity contribution >= 4 is 11.8 Å². The number of rotatable bonds is 1. The molecule has 1 fully saturated rings. The van der Waals surface area contributed by atoms with Crippen LogP contribution >= 0.6 is 0 Å². The van der Waals surface area contributed by atoms with Gasteiger partial charge in [0.25, 0.3) is 0 Å². The number of allylic oxidation sites excluding steroid dienone is 1. The minimum absolute atomic E-state index is 0.0394. The Balaban J connectivity index is 2.50. The molecule has 0 bridgehead atoms. The third-order valence-corrected chi connectivity index (χ3v) is 3.77. The van der Waals surface area contributed by atoms with Crippen molar-refractivity contribution in [3.8, 4) is 6.07 Å². The van der Waals surface area contributed by atoms with Gasteiger partial charge in [0, 0.05) is 18.8 Å². The fourth-order valence-electron chi connectivity index (χ4n) is 2.86. The molecule has 2 rings (SSSR count). The lowest BCUT2D eigenvalue weighted by molar-refractivity contribution is -0.137. The average Bonchev–Trinajstić information content (AvgIpc) is 2.67. The number of ether oxygens (including phenoxy) is 1. The highest BCUT2D eigenvalue weighted by Crippen LogP contribution is 2.51. The number of fused-ring (bicyclic) bond motifs is 1. The van der Waals surface area contributed by atoms with Crippen LogP contribution in [0.3, 0.4) is 0 Å². The van der Waals surface area contributed by atoms with Crippen molar-refractivity contribution in [3.05, 3.63) is 11.3 Å². The zero-order valence-corrected chi connectivity index (χ0v) is 9.52. The molecule has 0 heterocycles. The van der Waals surface area contributed by atoms with Gasteiger partial charge in [-0.1, -0.05) is 0 Å². The van der Waals surface area contributed by atoms with Gasteiger partial charge < -0.3 is 9.84 Å². The van der Waals surface area contributed by atoms with Gasteiger partial charge in [0.1, 0.15) is 11.2 Å². The minimum Gasteiger partial charge on any atom is -0.512 e. The summed E-state index contributed by atoms with van der Waals surface area (Å²) in [5.41, 5.74) is -1.01. The number of methoxy groups -OCH3 is 1. The summed E-state index contributed by atoms with van der Waals surface area (Å²) in [7, 11) is 1.22. The second kappa shape index (κ2) is 3.88. The number of aliphatic hydroxyl groups excluding tert-OH is 1. The average molecular weight is 235 g/mol. The van der Waals surface area contributed by atoms with Gasteiger partial charge in [0.05, 0.1) is 18.8 Å². The van der Waals surface area contributed by atoms with Crippen molar-refractivity contribution < 1.29 is 19.4 Å². The molecule has 2 aliphatic rings. The summed E-state index contributed by atoms with van der Waals surface area (Å²) >= 11 is 0. The van der Waals surface area contributed by atoms with Crippen LogP contribution in [0.1, 0.15) is 25.7 Å². The Kier molecular flexibility index (Phi) is 2.66. The second-order valence-corrected chi connectivity index (χ2v) is 4.45. The number of aliphatic hydroxyl groups is 1. The first-order valence-electron chi connectivity index (χ1n) is 5.51. The number of esters is 1. The van der Waals surface area contributed by atoms with E-state index >= 15 is 0 Å². The number of carbonyl (C=O) groups is 2. The SMILES string of the molecule is COC(=O)C1=C(O)CC[C@]2(C#N)C(=O)CC[C@H]12. The van der Waals surface area contributed by atoms with Crippen LogP contribution in [0.2, 0.25) is 0 Å². The molecule has 90 valence electrons. The zero-order chi connectivity index (χ0) is 12.6. The van der Waals surface area contributed by atoms with Gasteiger partial charge in [-0.2, -0.15) is 5.26 Å². The normalized spacial score (nSPS) is 32.0. The predicted molar refractivity (Wildman–Crippen MR) is 56.7 cm³/mol. The van der Waals surface area contributed by atoms with Crippen molar-refractivity contribution in [2.24, 2.45) is 11.3 Å². The van der Waals surface area contributed by atoms with E-state index in [4.69, 9.17) is 0 Å². The summed E-state index contributed by atoms with van der Waals surface area (Å²) < 4.78 is 4.62. The van der Waals surface area contributed by atoms with Crippen molar-refractivity contribution in [1.82, 2.24) is 0 Å². The molecule has 2 atom stereocenters. The molecule has 0 aromatic heterocycles. The van der Waals surface area contributed by atoms with Gasteiger partial charge in [-0.05, 0) is 12.8 Å². The lowest BCUT2D eigenvalue weighted by atomic mass is 9.67. The number of nitrogens with zero attached hydrogens (tertiary/aromatic N) is 1. The van der Waals surface area contributed by atoms with Crippen LogP contribution in [0.5, 0.6) is 0 Å². The summed E-state index contributed by atoms with van der Waals surface area (Å²) in [6, 6.07) is 2.06. The molecule has 1 N–H and O–H groups in total. The second-order valence-electron chi connectivity index (χ2n) is 4.45. The van der Waals surface area contributed by atoms with Crippen LogP contribution in [0, 0.1) is 22.7 Å².